The second-order valence-electron chi connectivity index (χ2n) is 4.26. The average Bonchev–Trinajstić information content (AvgIpc) is 2.84. The summed E-state index contributed by atoms with van der Waals surface area (Å²) >= 11 is 1.00. The second kappa shape index (κ2) is 5.02. The predicted octanol–water partition coefficient (Wildman–Crippen LogP) is 1.70. The number of thioether (sulfide) groups is 1. The number of hydrogen-bond donors (Lipinski definition) is 2. The molecule has 0 radical (unpaired) electrons. The van der Waals surface area contributed by atoms with Crippen LogP contribution in [-0.2, 0) is 14.4 Å². The predicted molar refractivity (Wildman–Crippen MR) is 75.8 cm³/mol. The third-order valence-corrected chi connectivity index (χ3v) is 3.79. The van der Waals surface area contributed by atoms with E-state index in [1.165, 1.54) is 0 Å². The van der Waals surface area contributed by atoms with E-state index in [0.29, 0.717) is 5.16 Å². The first-order chi connectivity index (χ1) is 10.0. The second-order valence-corrected chi connectivity index (χ2v) is 5.29. The van der Waals surface area contributed by atoms with Crippen molar-refractivity contribution in [1.29, 1.82) is 0 Å². The van der Waals surface area contributed by atoms with Crippen molar-refractivity contribution in [3.8, 4) is 0 Å². The lowest BCUT2D eigenvalue weighted by atomic mass is 10.1. The Hall–Kier alpha value is -2.67. The van der Waals surface area contributed by atoms with Gasteiger partial charge in [0.05, 0.1) is 16.6 Å². The maximum atomic E-state index is 11.4. The van der Waals surface area contributed by atoms with Crippen LogP contribution in [0.4, 0.5) is 0 Å². The van der Waals surface area contributed by atoms with Crippen molar-refractivity contribution in [2.24, 2.45) is 0 Å². The molecule has 6 nitrogen and oxygen atoms in total. The van der Waals surface area contributed by atoms with Crippen molar-refractivity contribution in [1.82, 2.24) is 9.97 Å². The molecule has 0 bridgehead atoms. The molecule has 104 valence electrons. The summed E-state index contributed by atoms with van der Waals surface area (Å²) in [6.45, 7) is 0. The van der Waals surface area contributed by atoms with Gasteiger partial charge in [-0.25, -0.2) is 9.78 Å². The first kappa shape index (κ1) is 13.3. The quantitative estimate of drug-likeness (QED) is 0.661. The number of aliphatic carboxylic acids is 1. The van der Waals surface area contributed by atoms with Crippen LogP contribution in [0.3, 0.4) is 0 Å². The summed E-state index contributed by atoms with van der Waals surface area (Å²) in [6.07, 6.45) is 1.87. The number of nitrogens with one attached hydrogen (secondary N) is 1. The number of carbonyl (C=O) groups excluding carboxylic acids is 2. The summed E-state index contributed by atoms with van der Waals surface area (Å²) < 4.78 is 0. The van der Waals surface area contributed by atoms with Crippen molar-refractivity contribution in [2.75, 3.05) is 0 Å². The van der Waals surface area contributed by atoms with Gasteiger partial charge >= 0.3 is 5.97 Å². The number of fused-ring (bicyclic) bond motifs is 1. The van der Waals surface area contributed by atoms with Crippen LogP contribution in [0.15, 0.2) is 52.1 Å². The number of carboxylic acid groups (broad SMARTS) is 1. The van der Waals surface area contributed by atoms with Gasteiger partial charge in [-0.15, -0.1) is 0 Å². The smallest absolute Gasteiger partial charge is 0.336 e. The molecule has 21 heavy (non-hydrogen) atoms. The van der Waals surface area contributed by atoms with Crippen LogP contribution in [0, 0.1) is 0 Å². The largest absolute Gasteiger partial charge is 0.478 e. The van der Waals surface area contributed by atoms with Crippen LogP contribution in [0.1, 0.15) is 0 Å². The molecule has 0 saturated heterocycles. The fourth-order valence-corrected chi connectivity index (χ4v) is 2.81. The van der Waals surface area contributed by atoms with Gasteiger partial charge in [0.15, 0.2) is 5.16 Å². The zero-order chi connectivity index (χ0) is 15.0. The third kappa shape index (κ3) is 2.50. The maximum Gasteiger partial charge on any atom is 0.336 e. The van der Waals surface area contributed by atoms with Crippen LogP contribution >= 0.6 is 11.8 Å². The number of hydrogen-bond acceptors (Lipinski definition) is 5. The monoisotopic (exact) mass is 300 g/mol. The molecule has 3 rings (SSSR count). The molecule has 1 aliphatic rings. The van der Waals surface area contributed by atoms with Gasteiger partial charge in [-0.3, -0.25) is 9.59 Å². The van der Waals surface area contributed by atoms with Crippen LogP contribution in [0.5, 0.6) is 0 Å². The number of imidazole rings is 1. The number of nitrogens with zero attached hydrogens (tertiary/aromatic N) is 1. The van der Waals surface area contributed by atoms with E-state index < -0.39 is 17.5 Å². The van der Waals surface area contributed by atoms with Gasteiger partial charge in [-0.1, -0.05) is 23.9 Å². The number of aromatic nitrogens is 2. The summed E-state index contributed by atoms with van der Waals surface area (Å²) in [4.78, 5) is 41.4. The lowest BCUT2D eigenvalue weighted by Gasteiger charge is -2.09. The van der Waals surface area contributed by atoms with E-state index in [9.17, 15) is 14.4 Å². The number of benzene rings is 1. The number of H-pyrrole nitrogens is 1. The molecule has 0 spiro atoms. The number of rotatable bonds is 3. The van der Waals surface area contributed by atoms with Gasteiger partial charge in [-0.05, 0) is 12.1 Å². The SMILES string of the molecule is O=C(O)C1=CC(=O)C(=O)C=C1Sc1nc2ccccc2[nH]1. The fourth-order valence-electron chi connectivity index (χ4n) is 1.87. The Morgan fingerprint density at radius 2 is 1.86 bits per heavy atom. The Bertz CT molecular complexity index is 815. The van der Waals surface area contributed by atoms with Crippen molar-refractivity contribution in [3.63, 3.8) is 0 Å². The molecule has 1 aliphatic carbocycles. The minimum absolute atomic E-state index is 0.186. The van der Waals surface area contributed by atoms with E-state index in [-0.39, 0.29) is 10.5 Å². The highest BCUT2D eigenvalue weighted by Crippen LogP contribution is 2.33. The van der Waals surface area contributed by atoms with Crippen molar-refractivity contribution in [2.45, 2.75) is 5.16 Å². The number of ketones is 2. The molecule has 0 aliphatic heterocycles. The Kier molecular flexibility index (Phi) is 3.19. The van der Waals surface area contributed by atoms with Crippen LogP contribution in [0.2, 0.25) is 0 Å². The molecule has 2 N–H and O–H groups in total. The van der Waals surface area contributed by atoms with Gasteiger partial charge in [-0.2, -0.15) is 0 Å². The first-order valence-electron chi connectivity index (χ1n) is 5.92. The number of aromatic amines is 1. The molecule has 1 aromatic heterocycles. The molecule has 0 atom stereocenters. The average molecular weight is 300 g/mol. The van der Waals surface area contributed by atoms with Gasteiger partial charge in [0.2, 0.25) is 11.6 Å². The lowest BCUT2D eigenvalue weighted by molar-refractivity contribution is -0.133. The van der Waals surface area contributed by atoms with E-state index >= 15 is 0 Å². The Morgan fingerprint density at radius 3 is 2.57 bits per heavy atom. The molecule has 1 aromatic carbocycles. The number of allylic oxidation sites excluding steroid dienone is 2. The van der Waals surface area contributed by atoms with Gasteiger partial charge < -0.3 is 10.1 Å². The minimum Gasteiger partial charge on any atom is -0.478 e. The van der Waals surface area contributed by atoms with Crippen molar-refractivity contribution < 1.29 is 19.5 Å². The zero-order valence-electron chi connectivity index (χ0n) is 10.5. The van der Waals surface area contributed by atoms with Gasteiger partial charge in [0.25, 0.3) is 0 Å². The van der Waals surface area contributed by atoms with Gasteiger partial charge in [0.1, 0.15) is 0 Å². The molecular formula is C14H8N2O4S. The highest BCUT2D eigenvalue weighted by molar-refractivity contribution is 8.03. The zero-order valence-corrected chi connectivity index (χ0v) is 11.3. The molecule has 2 aromatic rings. The third-order valence-electron chi connectivity index (χ3n) is 2.85. The Labute approximate surface area is 122 Å². The standard InChI is InChI=1S/C14H8N2O4S/c17-10-5-7(13(19)20)12(6-11(10)18)21-14-15-8-3-1-2-4-9(8)16-14/h1-6H,(H,15,16)(H,19,20). The normalized spacial score (nSPS) is 15.0. The van der Waals surface area contributed by atoms with Crippen LogP contribution in [-0.4, -0.2) is 32.6 Å². The van der Waals surface area contributed by atoms with E-state index in [4.69, 9.17) is 5.11 Å². The van der Waals surface area contributed by atoms with E-state index in [1.807, 2.05) is 24.3 Å². The summed E-state index contributed by atoms with van der Waals surface area (Å²) in [6, 6.07) is 7.33. The highest BCUT2D eigenvalue weighted by atomic mass is 32.2. The minimum atomic E-state index is -1.26. The van der Waals surface area contributed by atoms with Crippen LogP contribution in [0.25, 0.3) is 11.0 Å². The lowest BCUT2D eigenvalue weighted by Crippen LogP contribution is -2.17. The Morgan fingerprint density at radius 1 is 1.14 bits per heavy atom. The van der Waals surface area contributed by atoms with Gasteiger partial charge in [0, 0.05) is 17.1 Å². The van der Waals surface area contributed by atoms with Crippen molar-refractivity contribution >= 4 is 40.3 Å². The van der Waals surface area contributed by atoms with Crippen LogP contribution < -0.4 is 0 Å². The molecule has 0 saturated carbocycles. The summed E-state index contributed by atoms with van der Waals surface area (Å²) in [7, 11) is 0. The van der Waals surface area contributed by atoms with E-state index in [0.717, 1.165) is 34.9 Å². The summed E-state index contributed by atoms with van der Waals surface area (Å²) in [5, 5.41) is 9.57. The molecular weight excluding hydrogens is 292 g/mol. The molecule has 0 fully saturated rings. The summed E-state index contributed by atoms with van der Waals surface area (Å²) in [5.74, 6) is -2.83. The first-order valence-corrected chi connectivity index (χ1v) is 6.74. The number of para-hydroxylation sites is 2. The molecule has 0 amide bonds. The van der Waals surface area contributed by atoms with E-state index in [1.54, 1.807) is 0 Å². The maximum absolute atomic E-state index is 11.4. The number of carboxylic acids is 1. The number of carbonyl (C=O) groups is 3. The van der Waals surface area contributed by atoms with E-state index in [2.05, 4.69) is 9.97 Å². The fraction of sp³-hybridized carbons (Fsp3) is 0. The molecule has 7 heteroatoms. The Balaban J connectivity index is 1.97. The molecule has 1 heterocycles. The topological polar surface area (TPSA) is 100 Å². The summed E-state index contributed by atoms with van der Waals surface area (Å²) in [5.41, 5.74) is 1.34. The molecule has 0 unspecified atom stereocenters. The highest BCUT2D eigenvalue weighted by Gasteiger charge is 2.25. The van der Waals surface area contributed by atoms with Crippen molar-refractivity contribution in [3.05, 3.63) is 46.9 Å².